The highest BCUT2D eigenvalue weighted by molar-refractivity contribution is 6.31. The number of hydrogen-bond donors (Lipinski definition) is 2. The zero-order valence-electron chi connectivity index (χ0n) is 13.5. The Hall–Kier alpha value is -2.80. The van der Waals surface area contributed by atoms with Crippen molar-refractivity contribution in [2.75, 3.05) is 0 Å². The zero-order chi connectivity index (χ0) is 18.9. The number of carbonyl (C=O) groups excluding carboxylic acids is 1. The van der Waals surface area contributed by atoms with E-state index in [1.165, 1.54) is 18.3 Å². The van der Waals surface area contributed by atoms with Crippen LogP contribution in [0.2, 0.25) is 5.02 Å². The summed E-state index contributed by atoms with van der Waals surface area (Å²) in [4.78, 5) is 15.3. The summed E-state index contributed by atoms with van der Waals surface area (Å²) in [7, 11) is 0. The fourth-order valence-electron chi connectivity index (χ4n) is 2.51. The molecule has 0 aliphatic rings. The van der Waals surface area contributed by atoms with Gasteiger partial charge >= 0.3 is 6.18 Å². The predicted molar refractivity (Wildman–Crippen MR) is 94.5 cm³/mol. The number of carbonyl (C=O) groups is 1. The fourth-order valence-corrected chi connectivity index (χ4v) is 2.68. The number of halogens is 4. The molecule has 3 aromatic rings. The van der Waals surface area contributed by atoms with Crippen LogP contribution in [0.1, 0.15) is 27.2 Å². The topological polar surface area (TPSA) is 57.2 Å². The Balaban J connectivity index is 1.73. The van der Waals surface area contributed by atoms with Crippen LogP contribution in [0.3, 0.4) is 0 Å². The van der Waals surface area contributed by atoms with Gasteiger partial charge in [0.2, 0.25) is 0 Å². The van der Waals surface area contributed by atoms with Crippen LogP contribution in [0.5, 0.6) is 0 Å². The van der Waals surface area contributed by atoms with E-state index in [0.29, 0.717) is 16.3 Å². The van der Waals surface area contributed by atoms with Crippen LogP contribution in [0.4, 0.5) is 13.2 Å². The van der Waals surface area contributed by atoms with Gasteiger partial charge in [0.1, 0.15) is 5.69 Å². The number of aromatic nitrogens is 1. The number of fused-ring (bicyclic) bond motifs is 1. The summed E-state index contributed by atoms with van der Waals surface area (Å²) in [5, 5.41) is 5.18. The van der Waals surface area contributed by atoms with E-state index in [2.05, 4.69) is 15.5 Å². The molecule has 0 saturated carbocycles. The molecule has 26 heavy (non-hydrogen) atoms. The fraction of sp³-hybridized carbons (Fsp3) is 0.111. The third-order valence-electron chi connectivity index (χ3n) is 3.87. The Bertz CT molecular complexity index is 991. The Morgan fingerprint density at radius 1 is 1.19 bits per heavy atom. The van der Waals surface area contributed by atoms with Gasteiger partial charge in [-0.25, -0.2) is 5.43 Å². The first-order valence-corrected chi connectivity index (χ1v) is 7.92. The lowest BCUT2D eigenvalue weighted by Gasteiger charge is -2.05. The Kier molecular flexibility index (Phi) is 4.73. The second-order valence-electron chi connectivity index (χ2n) is 5.63. The van der Waals surface area contributed by atoms with Crippen molar-refractivity contribution >= 4 is 34.6 Å². The monoisotopic (exact) mass is 379 g/mol. The molecule has 8 heteroatoms. The number of rotatable bonds is 3. The van der Waals surface area contributed by atoms with Crippen molar-refractivity contribution in [3.63, 3.8) is 0 Å². The van der Waals surface area contributed by atoms with Gasteiger partial charge < -0.3 is 4.98 Å². The van der Waals surface area contributed by atoms with Gasteiger partial charge in [-0.15, -0.1) is 0 Å². The molecule has 1 heterocycles. The third-order valence-corrected chi connectivity index (χ3v) is 4.10. The van der Waals surface area contributed by atoms with E-state index in [9.17, 15) is 18.0 Å². The van der Waals surface area contributed by atoms with Gasteiger partial charge in [0, 0.05) is 15.9 Å². The van der Waals surface area contributed by atoms with Crippen molar-refractivity contribution in [1.29, 1.82) is 0 Å². The number of benzene rings is 2. The van der Waals surface area contributed by atoms with Gasteiger partial charge in [0.15, 0.2) is 0 Å². The molecular weight excluding hydrogens is 367 g/mol. The molecule has 4 nitrogen and oxygen atoms in total. The van der Waals surface area contributed by atoms with E-state index in [4.69, 9.17) is 11.6 Å². The normalized spacial score (nSPS) is 12.0. The smallest absolute Gasteiger partial charge is 0.350 e. The molecule has 134 valence electrons. The number of aryl methyl sites for hydroxylation is 1. The summed E-state index contributed by atoms with van der Waals surface area (Å²) in [5.74, 6) is -0.460. The zero-order valence-corrected chi connectivity index (χ0v) is 14.2. The molecule has 0 unspecified atom stereocenters. The molecule has 0 spiro atoms. The molecule has 2 aromatic carbocycles. The van der Waals surface area contributed by atoms with Crippen molar-refractivity contribution in [2.45, 2.75) is 13.1 Å². The van der Waals surface area contributed by atoms with Crippen LogP contribution in [-0.4, -0.2) is 17.1 Å². The molecule has 0 atom stereocenters. The molecule has 1 amide bonds. The summed E-state index contributed by atoms with van der Waals surface area (Å²) in [5.41, 5.74) is 3.87. The summed E-state index contributed by atoms with van der Waals surface area (Å²) in [6.07, 6.45) is -3.12. The van der Waals surface area contributed by atoms with Crippen LogP contribution in [0.25, 0.3) is 10.9 Å². The second-order valence-corrected chi connectivity index (χ2v) is 6.07. The number of nitrogens with one attached hydrogen (secondary N) is 2. The van der Waals surface area contributed by atoms with Crippen molar-refractivity contribution in [3.05, 3.63) is 69.9 Å². The standard InChI is InChI=1S/C18H13ClF3N3O/c1-10-14-8-13(19)6-7-15(14)24-16(10)17(26)25-23-9-11-2-4-12(5-3-11)18(20,21)22/h2-9,24H,1H3,(H,25,26)/b23-9+. The van der Waals surface area contributed by atoms with E-state index in [0.717, 1.165) is 28.6 Å². The number of alkyl halides is 3. The Labute approximate surface area is 151 Å². The number of aromatic amines is 1. The largest absolute Gasteiger partial charge is 0.416 e. The first-order valence-electron chi connectivity index (χ1n) is 7.54. The third kappa shape index (κ3) is 3.72. The number of H-pyrrole nitrogens is 1. The minimum Gasteiger partial charge on any atom is -0.350 e. The number of hydrazone groups is 1. The van der Waals surface area contributed by atoms with Gasteiger partial charge in [-0.1, -0.05) is 23.7 Å². The predicted octanol–water partition coefficient (Wildman–Crippen LogP) is 4.91. The average molecular weight is 380 g/mol. The molecule has 1 aromatic heterocycles. The highest BCUT2D eigenvalue weighted by Gasteiger charge is 2.29. The summed E-state index contributed by atoms with van der Waals surface area (Å²) < 4.78 is 37.5. The molecule has 0 aliphatic heterocycles. The minimum absolute atomic E-state index is 0.340. The molecule has 0 bridgehead atoms. The SMILES string of the molecule is Cc1c(C(=O)N/N=C/c2ccc(C(F)(F)F)cc2)[nH]c2ccc(Cl)cc12. The van der Waals surface area contributed by atoms with Gasteiger partial charge in [0.05, 0.1) is 11.8 Å². The molecule has 3 rings (SSSR count). The van der Waals surface area contributed by atoms with E-state index >= 15 is 0 Å². The van der Waals surface area contributed by atoms with Gasteiger partial charge in [0.25, 0.3) is 5.91 Å². The van der Waals surface area contributed by atoms with E-state index in [1.807, 2.05) is 0 Å². The summed E-state index contributed by atoms with van der Waals surface area (Å²) >= 11 is 5.96. The van der Waals surface area contributed by atoms with Gasteiger partial charge in [-0.05, 0) is 48.4 Å². The summed E-state index contributed by atoms with van der Waals surface area (Å²) in [6, 6.07) is 9.69. The second kappa shape index (κ2) is 6.84. The number of nitrogens with zero attached hydrogens (tertiary/aromatic N) is 1. The lowest BCUT2D eigenvalue weighted by molar-refractivity contribution is -0.137. The van der Waals surface area contributed by atoms with Crippen molar-refractivity contribution in [2.24, 2.45) is 5.10 Å². The number of amides is 1. The molecule has 0 fully saturated rings. The van der Waals surface area contributed by atoms with Crippen LogP contribution >= 0.6 is 11.6 Å². The highest BCUT2D eigenvalue weighted by Crippen LogP contribution is 2.29. The minimum atomic E-state index is -4.39. The lowest BCUT2D eigenvalue weighted by atomic mass is 10.1. The lowest BCUT2D eigenvalue weighted by Crippen LogP contribution is -2.19. The highest BCUT2D eigenvalue weighted by atomic mass is 35.5. The molecule has 0 aliphatic carbocycles. The van der Waals surface area contributed by atoms with Crippen LogP contribution in [-0.2, 0) is 6.18 Å². The van der Waals surface area contributed by atoms with Crippen molar-refractivity contribution in [3.8, 4) is 0 Å². The quantitative estimate of drug-likeness (QED) is 0.493. The molecular formula is C18H13ClF3N3O. The molecule has 2 N–H and O–H groups in total. The van der Waals surface area contributed by atoms with Gasteiger partial charge in [-0.3, -0.25) is 4.79 Å². The summed E-state index contributed by atoms with van der Waals surface area (Å²) in [6.45, 7) is 1.78. The Morgan fingerprint density at radius 3 is 2.54 bits per heavy atom. The Morgan fingerprint density at radius 2 is 1.88 bits per heavy atom. The van der Waals surface area contributed by atoms with Gasteiger partial charge in [-0.2, -0.15) is 18.3 Å². The van der Waals surface area contributed by atoms with E-state index in [1.54, 1.807) is 25.1 Å². The average Bonchev–Trinajstić information content (AvgIpc) is 2.91. The van der Waals surface area contributed by atoms with E-state index in [-0.39, 0.29) is 0 Å². The maximum absolute atomic E-state index is 12.5. The van der Waals surface area contributed by atoms with Crippen LogP contribution in [0.15, 0.2) is 47.6 Å². The maximum Gasteiger partial charge on any atom is 0.416 e. The van der Waals surface area contributed by atoms with Crippen LogP contribution < -0.4 is 5.43 Å². The molecule has 0 radical (unpaired) electrons. The molecule has 0 saturated heterocycles. The van der Waals surface area contributed by atoms with Crippen molar-refractivity contribution in [1.82, 2.24) is 10.4 Å². The van der Waals surface area contributed by atoms with Crippen molar-refractivity contribution < 1.29 is 18.0 Å². The van der Waals surface area contributed by atoms with E-state index < -0.39 is 17.6 Å². The first-order chi connectivity index (χ1) is 12.3. The number of hydrogen-bond acceptors (Lipinski definition) is 2. The van der Waals surface area contributed by atoms with Crippen LogP contribution in [0, 0.1) is 6.92 Å². The maximum atomic E-state index is 12.5. The first kappa shape index (κ1) is 18.0.